The highest BCUT2D eigenvalue weighted by Gasteiger charge is 2.30. The van der Waals surface area contributed by atoms with Crippen molar-refractivity contribution in [2.75, 3.05) is 13.1 Å². The van der Waals surface area contributed by atoms with Gasteiger partial charge in [-0.1, -0.05) is 12.8 Å². The summed E-state index contributed by atoms with van der Waals surface area (Å²) in [6.45, 7) is 2.16. The molecule has 0 spiro atoms. The second-order valence-corrected chi connectivity index (χ2v) is 5.74. The number of nitrogens with zero attached hydrogens (tertiary/aromatic N) is 1. The highest BCUT2D eigenvalue weighted by atomic mass is 16.3. The minimum absolute atomic E-state index is 0.0771. The van der Waals surface area contributed by atoms with Crippen LogP contribution in [0.4, 0.5) is 0 Å². The van der Waals surface area contributed by atoms with E-state index in [4.69, 9.17) is 4.42 Å². The predicted molar refractivity (Wildman–Crippen MR) is 72.8 cm³/mol. The van der Waals surface area contributed by atoms with E-state index >= 15 is 0 Å². The van der Waals surface area contributed by atoms with Crippen molar-refractivity contribution in [3.63, 3.8) is 0 Å². The molecule has 1 unspecified atom stereocenters. The summed E-state index contributed by atoms with van der Waals surface area (Å²) in [7, 11) is 0. The summed E-state index contributed by atoms with van der Waals surface area (Å²) in [6, 6.07) is 4.76. The molecule has 0 radical (unpaired) electrons. The van der Waals surface area contributed by atoms with Gasteiger partial charge in [0, 0.05) is 25.2 Å². The zero-order valence-corrected chi connectivity index (χ0v) is 11.3. The molecule has 1 aromatic heterocycles. The zero-order chi connectivity index (χ0) is 13.1. The molecule has 4 nitrogen and oxygen atoms in total. The Kier molecular flexibility index (Phi) is 3.87. The molecule has 104 valence electrons. The summed E-state index contributed by atoms with van der Waals surface area (Å²) in [5.74, 6) is 0.816. The normalized spacial score (nSPS) is 24.9. The zero-order valence-electron chi connectivity index (χ0n) is 11.3. The first-order valence-corrected chi connectivity index (χ1v) is 7.37. The average Bonchev–Trinajstić information content (AvgIpc) is 3.09. The number of carbonyl (C=O) groups is 1. The van der Waals surface area contributed by atoms with Crippen LogP contribution in [-0.2, 0) is 11.2 Å². The minimum Gasteiger partial charge on any atom is -0.469 e. The highest BCUT2D eigenvalue weighted by molar-refractivity contribution is 5.78. The van der Waals surface area contributed by atoms with Crippen molar-refractivity contribution < 1.29 is 9.21 Å². The molecule has 19 heavy (non-hydrogen) atoms. The molecule has 1 amide bonds. The molecule has 0 aromatic carbocycles. The summed E-state index contributed by atoms with van der Waals surface area (Å²) in [4.78, 5) is 14.5. The summed E-state index contributed by atoms with van der Waals surface area (Å²) >= 11 is 0. The lowest BCUT2D eigenvalue weighted by atomic mass is 10.2. The van der Waals surface area contributed by atoms with Gasteiger partial charge < -0.3 is 9.73 Å². The fourth-order valence-electron chi connectivity index (χ4n) is 3.36. The van der Waals surface area contributed by atoms with Crippen LogP contribution in [0.2, 0.25) is 0 Å². The maximum Gasteiger partial charge on any atom is 0.227 e. The van der Waals surface area contributed by atoms with Gasteiger partial charge in [0.1, 0.15) is 5.76 Å². The van der Waals surface area contributed by atoms with E-state index in [0.717, 1.165) is 31.3 Å². The SMILES string of the molecule is O=C(Cc1ccco1)NC1CCN(C2CCCC2)C1. The highest BCUT2D eigenvalue weighted by Crippen LogP contribution is 2.26. The van der Waals surface area contributed by atoms with Crippen LogP contribution in [0, 0.1) is 0 Å². The van der Waals surface area contributed by atoms with Gasteiger partial charge in [-0.05, 0) is 31.4 Å². The Morgan fingerprint density at radius 3 is 2.95 bits per heavy atom. The van der Waals surface area contributed by atoms with Gasteiger partial charge in [-0.3, -0.25) is 9.69 Å². The van der Waals surface area contributed by atoms with Gasteiger partial charge in [0.05, 0.1) is 12.7 Å². The third kappa shape index (κ3) is 3.18. The molecule has 1 atom stereocenters. The number of likely N-dealkylation sites (tertiary alicyclic amines) is 1. The van der Waals surface area contributed by atoms with Gasteiger partial charge in [-0.25, -0.2) is 0 Å². The second-order valence-electron chi connectivity index (χ2n) is 5.74. The first-order valence-electron chi connectivity index (χ1n) is 7.37. The first kappa shape index (κ1) is 12.7. The van der Waals surface area contributed by atoms with E-state index < -0.39 is 0 Å². The molecule has 1 N–H and O–H groups in total. The lowest BCUT2D eigenvalue weighted by molar-refractivity contribution is -0.121. The van der Waals surface area contributed by atoms with Crippen LogP contribution >= 0.6 is 0 Å². The Balaban J connectivity index is 1.44. The Morgan fingerprint density at radius 2 is 2.21 bits per heavy atom. The van der Waals surface area contributed by atoms with Crippen LogP contribution in [-0.4, -0.2) is 36.0 Å². The monoisotopic (exact) mass is 262 g/mol. The molecule has 1 saturated carbocycles. The van der Waals surface area contributed by atoms with E-state index in [9.17, 15) is 4.79 Å². The molecule has 2 aliphatic rings. The molecule has 0 bridgehead atoms. The van der Waals surface area contributed by atoms with Gasteiger partial charge in [0.2, 0.25) is 5.91 Å². The molecule has 2 fully saturated rings. The number of rotatable bonds is 4. The van der Waals surface area contributed by atoms with Crippen molar-refractivity contribution in [3.05, 3.63) is 24.2 Å². The first-order chi connectivity index (χ1) is 9.31. The number of hydrogen-bond acceptors (Lipinski definition) is 3. The van der Waals surface area contributed by atoms with Crippen molar-refractivity contribution in [1.29, 1.82) is 0 Å². The van der Waals surface area contributed by atoms with Crippen LogP contribution in [0.3, 0.4) is 0 Å². The van der Waals surface area contributed by atoms with Crippen LogP contribution < -0.4 is 5.32 Å². The number of furan rings is 1. The van der Waals surface area contributed by atoms with Crippen LogP contribution in [0.1, 0.15) is 37.9 Å². The summed E-state index contributed by atoms with van der Waals surface area (Å²) in [5.41, 5.74) is 0. The van der Waals surface area contributed by atoms with Gasteiger partial charge in [-0.2, -0.15) is 0 Å². The summed E-state index contributed by atoms with van der Waals surface area (Å²) in [6.07, 6.45) is 8.47. The van der Waals surface area contributed by atoms with Crippen molar-refractivity contribution in [1.82, 2.24) is 10.2 Å². The number of hydrogen-bond donors (Lipinski definition) is 1. The maximum atomic E-state index is 11.9. The molecule has 1 aliphatic heterocycles. The Morgan fingerprint density at radius 1 is 1.37 bits per heavy atom. The van der Waals surface area contributed by atoms with E-state index in [2.05, 4.69) is 10.2 Å². The Labute approximate surface area is 114 Å². The van der Waals surface area contributed by atoms with Crippen molar-refractivity contribution in [3.8, 4) is 0 Å². The van der Waals surface area contributed by atoms with Gasteiger partial charge in [-0.15, -0.1) is 0 Å². The second kappa shape index (κ2) is 5.78. The molecular formula is C15H22N2O2. The summed E-state index contributed by atoms with van der Waals surface area (Å²) < 4.78 is 5.20. The van der Waals surface area contributed by atoms with Crippen molar-refractivity contribution in [2.45, 2.75) is 50.6 Å². The Hall–Kier alpha value is -1.29. The number of nitrogens with one attached hydrogen (secondary N) is 1. The largest absolute Gasteiger partial charge is 0.469 e. The lowest BCUT2D eigenvalue weighted by Gasteiger charge is -2.23. The molecule has 4 heteroatoms. The third-order valence-corrected chi connectivity index (χ3v) is 4.34. The Bertz CT molecular complexity index is 410. The molecule has 3 rings (SSSR count). The van der Waals surface area contributed by atoms with E-state index in [1.807, 2.05) is 12.1 Å². The van der Waals surface area contributed by atoms with E-state index in [0.29, 0.717) is 12.5 Å². The maximum absolute atomic E-state index is 11.9. The third-order valence-electron chi connectivity index (χ3n) is 4.34. The smallest absolute Gasteiger partial charge is 0.227 e. The average molecular weight is 262 g/mol. The van der Waals surface area contributed by atoms with Crippen molar-refractivity contribution in [2.24, 2.45) is 0 Å². The van der Waals surface area contributed by atoms with Crippen LogP contribution in [0.25, 0.3) is 0 Å². The quantitative estimate of drug-likeness (QED) is 0.902. The minimum atomic E-state index is 0.0771. The fourth-order valence-corrected chi connectivity index (χ4v) is 3.36. The fraction of sp³-hybridized carbons (Fsp3) is 0.667. The summed E-state index contributed by atoms with van der Waals surface area (Å²) in [5, 5.41) is 3.13. The van der Waals surface area contributed by atoms with E-state index in [1.54, 1.807) is 6.26 Å². The van der Waals surface area contributed by atoms with Crippen molar-refractivity contribution >= 4 is 5.91 Å². The molecule has 1 aliphatic carbocycles. The topological polar surface area (TPSA) is 45.5 Å². The standard InChI is InChI=1S/C15H22N2O2/c18-15(10-14-6-3-9-19-14)16-12-7-8-17(11-12)13-4-1-2-5-13/h3,6,9,12-13H,1-2,4-5,7-8,10-11H2,(H,16,18). The van der Waals surface area contributed by atoms with E-state index in [1.165, 1.54) is 25.7 Å². The molecule has 2 heterocycles. The van der Waals surface area contributed by atoms with Crippen LogP contribution in [0.15, 0.2) is 22.8 Å². The molecule has 1 aromatic rings. The number of carbonyl (C=O) groups excluding carboxylic acids is 1. The van der Waals surface area contributed by atoms with Gasteiger partial charge in [0.15, 0.2) is 0 Å². The van der Waals surface area contributed by atoms with Crippen LogP contribution in [0.5, 0.6) is 0 Å². The predicted octanol–water partition coefficient (Wildman–Crippen LogP) is 1.96. The lowest BCUT2D eigenvalue weighted by Crippen LogP contribution is -2.39. The molecule has 1 saturated heterocycles. The van der Waals surface area contributed by atoms with Gasteiger partial charge >= 0.3 is 0 Å². The van der Waals surface area contributed by atoms with Gasteiger partial charge in [0.25, 0.3) is 0 Å². The van der Waals surface area contributed by atoms with E-state index in [-0.39, 0.29) is 5.91 Å². The molecular weight excluding hydrogens is 240 g/mol. The number of amides is 1.